The van der Waals surface area contributed by atoms with Crippen molar-refractivity contribution in [2.75, 3.05) is 0 Å². The second kappa shape index (κ2) is 6.22. The molecule has 4 rings (SSSR count). The van der Waals surface area contributed by atoms with E-state index in [0.717, 1.165) is 11.1 Å². The van der Waals surface area contributed by atoms with Crippen molar-refractivity contribution in [2.45, 2.75) is 6.92 Å². The van der Waals surface area contributed by atoms with Crippen molar-refractivity contribution >= 4 is 39.5 Å². The van der Waals surface area contributed by atoms with E-state index in [1.807, 2.05) is 31.2 Å². The first kappa shape index (κ1) is 16.2. The maximum absolute atomic E-state index is 12.7. The minimum Gasteiger partial charge on any atom is -0.265 e. The number of hydrogen-bond acceptors (Lipinski definition) is 5. The lowest BCUT2D eigenvalue weighted by molar-refractivity contribution is 0.862. The molecule has 0 amide bonds. The molecule has 0 bridgehead atoms. The van der Waals surface area contributed by atoms with Crippen LogP contribution in [0.1, 0.15) is 5.56 Å². The molecule has 0 aliphatic heterocycles. The molecule has 0 aliphatic carbocycles. The number of benzene rings is 2. The van der Waals surface area contributed by atoms with E-state index in [0.29, 0.717) is 25.6 Å². The Kier molecular flexibility index (Phi) is 4.03. The van der Waals surface area contributed by atoms with Crippen LogP contribution in [-0.4, -0.2) is 19.8 Å². The highest BCUT2D eigenvalue weighted by molar-refractivity contribution is 7.19. The summed E-state index contributed by atoms with van der Waals surface area (Å²) >= 11 is 13.3. The molecule has 0 radical (unpaired) electrons. The van der Waals surface area contributed by atoms with Crippen LogP contribution in [0.5, 0.6) is 0 Å². The van der Waals surface area contributed by atoms with E-state index in [4.69, 9.17) is 23.2 Å². The average Bonchev–Trinajstić information content (AvgIpc) is 3.04. The lowest BCUT2D eigenvalue weighted by Gasteiger charge is -1.99. The Morgan fingerprint density at radius 3 is 2.40 bits per heavy atom. The van der Waals surface area contributed by atoms with Crippen LogP contribution in [0.15, 0.2) is 47.3 Å². The zero-order chi connectivity index (χ0) is 17.6. The number of hydrogen-bond donors (Lipinski definition) is 0. The van der Waals surface area contributed by atoms with Crippen molar-refractivity contribution in [1.29, 1.82) is 0 Å². The third kappa shape index (κ3) is 2.93. The van der Waals surface area contributed by atoms with Gasteiger partial charge >= 0.3 is 5.56 Å². The topological polar surface area (TPSA) is 60.1 Å². The molecular weight excluding hydrogens is 379 g/mol. The molecule has 2 aromatic carbocycles. The standard InChI is InChI=1S/C17H10Cl2N4OS/c1-9-2-4-10(5-3-9)14-16(24)23-17(21-20-14)25-15(22-23)11-6-7-12(18)13(19)8-11/h2-8H,1H3. The highest BCUT2D eigenvalue weighted by atomic mass is 35.5. The predicted molar refractivity (Wildman–Crippen MR) is 101 cm³/mol. The van der Waals surface area contributed by atoms with Gasteiger partial charge < -0.3 is 0 Å². The Hall–Kier alpha value is -2.28. The van der Waals surface area contributed by atoms with E-state index in [1.54, 1.807) is 18.2 Å². The zero-order valence-corrected chi connectivity index (χ0v) is 15.2. The molecule has 0 atom stereocenters. The molecule has 124 valence electrons. The molecule has 0 N–H and O–H groups in total. The number of fused-ring (bicyclic) bond motifs is 1. The Morgan fingerprint density at radius 1 is 0.960 bits per heavy atom. The lowest BCUT2D eigenvalue weighted by atomic mass is 10.1. The van der Waals surface area contributed by atoms with Crippen LogP contribution in [0, 0.1) is 6.92 Å². The number of nitrogens with zero attached hydrogens (tertiary/aromatic N) is 4. The third-order valence-corrected chi connectivity index (χ3v) is 5.37. The fourth-order valence-corrected chi connectivity index (χ4v) is 3.48. The van der Waals surface area contributed by atoms with Crippen LogP contribution in [0.25, 0.3) is 26.8 Å². The van der Waals surface area contributed by atoms with Gasteiger partial charge in [0, 0.05) is 11.1 Å². The number of halogens is 2. The molecule has 0 aliphatic rings. The maximum Gasteiger partial charge on any atom is 0.302 e. The second-order valence-electron chi connectivity index (χ2n) is 5.45. The van der Waals surface area contributed by atoms with Gasteiger partial charge in [0.15, 0.2) is 5.69 Å². The molecule has 2 aromatic heterocycles. The summed E-state index contributed by atoms with van der Waals surface area (Å²) in [6.45, 7) is 1.98. The number of aromatic nitrogens is 4. The van der Waals surface area contributed by atoms with E-state index >= 15 is 0 Å². The number of rotatable bonds is 2. The summed E-state index contributed by atoms with van der Waals surface area (Å²) < 4.78 is 1.27. The van der Waals surface area contributed by atoms with Crippen molar-refractivity contribution < 1.29 is 0 Å². The summed E-state index contributed by atoms with van der Waals surface area (Å²) in [5.74, 6) is 0. The normalized spacial score (nSPS) is 11.2. The summed E-state index contributed by atoms with van der Waals surface area (Å²) in [6, 6.07) is 12.7. The third-order valence-electron chi connectivity index (χ3n) is 3.68. The minimum atomic E-state index is -0.309. The molecule has 2 heterocycles. The molecule has 0 saturated heterocycles. The first-order valence-corrected chi connectivity index (χ1v) is 8.89. The van der Waals surface area contributed by atoms with Crippen LogP contribution >= 0.6 is 34.5 Å². The Labute approximate surface area is 156 Å². The molecule has 25 heavy (non-hydrogen) atoms. The van der Waals surface area contributed by atoms with Crippen molar-refractivity contribution in [2.24, 2.45) is 0 Å². The van der Waals surface area contributed by atoms with E-state index < -0.39 is 0 Å². The second-order valence-corrected chi connectivity index (χ2v) is 7.22. The summed E-state index contributed by atoms with van der Waals surface area (Å²) in [7, 11) is 0. The fourth-order valence-electron chi connectivity index (χ4n) is 2.35. The van der Waals surface area contributed by atoms with Gasteiger partial charge in [0.1, 0.15) is 5.01 Å². The molecular formula is C17H10Cl2N4OS. The van der Waals surface area contributed by atoms with Crippen molar-refractivity contribution in [3.8, 4) is 21.8 Å². The molecule has 0 saturated carbocycles. The Morgan fingerprint density at radius 2 is 1.68 bits per heavy atom. The van der Waals surface area contributed by atoms with E-state index in [-0.39, 0.29) is 11.3 Å². The van der Waals surface area contributed by atoms with Crippen LogP contribution in [-0.2, 0) is 0 Å². The van der Waals surface area contributed by atoms with Crippen molar-refractivity contribution in [1.82, 2.24) is 19.8 Å². The molecule has 4 aromatic rings. The van der Waals surface area contributed by atoms with Gasteiger partial charge in [-0.05, 0) is 19.1 Å². The van der Waals surface area contributed by atoms with Crippen molar-refractivity contribution in [3.63, 3.8) is 0 Å². The molecule has 0 spiro atoms. The predicted octanol–water partition coefficient (Wildman–Crippen LogP) is 4.50. The summed E-state index contributed by atoms with van der Waals surface area (Å²) in [5.41, 5.74) is 2.54. The van der Waals surface area contributed by atoms with Gasteiger partial charge in [-0.3, -0.25) is 4.79 Å². The monoisotopic (exact) mass is 388 g/mol. The fraction of sp³-hybridized carbons (Fsp3) is 0.0588. The van der Waals surface area contributed by atoms with Crippen LogP contribution < -0.4 is 5.56 Å². The van der Waals surface area contributed by atoms with Gasteiger partial charge in [-0.15, -0.1) is 10.2 Å². The van der Waals surface area contributed by atoms with Gasteiger partial charge in [-0.2, -0.15) is 9.61 Å². The molecule has 8 heteroatoms. The molecule has 5 nitrogen and oxygen atoms in total. The van der Waals surface area contributed by atoms with E-state index in [9.17, 15) is 4.79 Å². The first-order valence-electron chi connectivity index (χ1n) is 7.32. The molecule has 0 fully saturated rings. The lowest BCUT2D eigenvalue weighted by Crippen LogP contribution is -2.19. The number of aryl methyl sites for hydroxylation is 1. The van der Waals surface area contributed by atoms with Gasteiger partial charge in [0.25, 0.3) is 0 Å². The van der Waals surface area contributed by atoms with Crippen LogP contribution in [0.2, 0.25) is 10.0 Å². The van der Waals surface area contributed by atoms with Gasteiger partial charge in [-0.1, -0.05) is 70.4 Å². The Balaban J connectivity index is 1.86. The van der Waals surface area contributed by atoms with E-state index in [2.05, 4.69) is 15.3 Å². The van der Waals surface area contributed by atoms with E-state index in [1.165, 1.54) is 15.9 Å². The largest absolute Gasteiger partial charge is 0.302 e. The molecule has 0 unspecified atom stereocenters. The minimum absolute atomic E-state index is 0.267. The smallest absolute Gasteiger partial charge is 0.265 e. The quantitative estimate of drug-likeness (QED) is 0.507. The van der Waals surface area contributed by atoms with Gasteiger partial charge in [-0.25, -0.2) is 0 Å². The summed E-state index contributed by atoms with van der Waals surface area (Å²) in [5, 5.41) is 14.1. The van der Waals surface area contributed by atoms with Crippen LogP contribution in [0.4, 0.5) is 0 Å². The van der Waals surface area contributed by atoms with Gasteiger partial charge in [0.2, 0.25) is 4.96 Å². The van der Waals surface area contributed by atoms with Crippen LogP contribution in [0.3, 0.4) is 0 Å². The first-order chi connectivity index (χ1) is 12.0. The zero-order valence-electron chi connectivity index (χ0n) is 12.9. The van der Waals surface area contributed by atoms with Crippen molar-refractivity contribution in [3.05, 3.63) is 68.4 Å². The highest BCUT2D eigenvalue weighted by Gasteiger charge is 2.15. The maximum atomic E-state index is 12.7. The highest BCUT2D eigenvalue weighted by Crippen LogP contribution is 2.30. The average molecular weight is 389 g/mol. The Bertz CT molecular complexity index is 1150. The van der Waals surface area contributed by atoms with Gasteiger partial charge in [0.05, 0.1) is 10.0 Å². The SMILES string of the molecule is Cc1ccc(-c2nnc3sc(-c4ccc(Cl)c(Cl)c4)nn3c2=O)cc1. The summed E-state index contributed by atoms with van der Waals surface area (Å²) in [6.07, 6.45) is 0. The summed E-state index contributed by atoms with van der Waals surface area (Å²) in [4.78, 5) is 13.2.